The highest BCUT2D eigenvalue weighted by Crippen LogP contribution is 2.37. The zero-order chi connectivity index (χ0) is 15.6. The van der Waals surface area contributed by atoms with Crippen molar-refractivity contribution in [3.63, 3.8) is 0 Å². The Morgan fingerprint density at radius 1 is 1.00 bits per heavy atom. The minimum absolute atomic E-state index is 0.0539. The molecule has 2 aromatic carbocycles. The van der Waals surface area contributed by atoms with Crippen molar-refractivity contribution in [2.45, 2.75) is 32.7 Å². The van der Waals surface area contributed by atoms with Gasteiger partial charge in [0.2, 0.25) is 0 Å². The Balaban J connectivity index is 2.63. The molecule has 2 heteroatoms. The quantitative estimate of drug-likeness (QED) is 0.901. The molecule has 0 aliphatic carbocycles. The van der Waals surface area contributed by atoms with E-state index in [1.54, 1.807) is 0 Å². The van der Waals surface area contributed by atoms with Crippen LogP contribution in [0.2, 0.25) is 0 Å². The lowest BCUT2D eigenvalue weighted by molar-refractivity contribution is 0.385. The third-order valence-corrected chi connectivity index (χ3v) is 3.63. The normalized spacial score (nSPS) is 11.9. The van der Waals surface area contributed by atoms with Crippen LogP contribution in [0, 0.1) is 0 Å². The maximum absolute atomic E-state index is 10.7. The zero-order valence-corrected chi connectivity index (χ0v) is 13.6. The lowest BCUT2D eigenvalue weighted by Gasteiger charge is -2.23. The van der Waals surface area contributed by atoms with E-state index in [1.165, 1.54) is 5.56 Å². The maximum Gasteiger partial charge on any atom is 0.127 e. The molecule has 0 heterocycles. The van der Waals surface area contributed by atoms with Crippen molar-refractivity contribution in [3.05, 3.63) is 53.6 Å². The largest absolute Gasteiger partial charge is 0.507 e. The number of hydrogen-bond acceptors (Lipinski definition) is 2. The molecule has 2 aromatic rings. The summed E-state index contributed by atoms with van der Waals surface area (Å²) in [5.41, 5.74) is 4.25. The number of phenols is 1. The Morgan fingerprint density at radius 2 is 1.62 bits per heavy atom. The molecule has 0 aliphatic heterocycles. The van der Waals surface area contributed by atoms with Crippen LogP contribution in [0.4, 0.5) is 0 Å². The van der Waals surface area contributed by atoms with E-state index >= 15 is 0 Å². The molecule has 0 saturated carbocycles. The summed E-state index contributed by atoms with van der Waals surface area (Å²) < 4.78 is 0. The van der Waals surface area contributed by atoms with Gasteiger partial charge in [-0.15, -0.1) is 0 Å². The Bertz CT molecular complexity index is 609. The summed E-state index contributed by atoms with van der Waals surface area (Å²) in [6.45, 7) is 7.34. The molecule has 0 amide bonds. The van der Waals surface area contributed by atoms with Gasteiger partial charge in [-0.25, -0.2) is 0 Å². The van der Waals surface area contributed by atoms with Crippen molar-refractivity contribution in [2.75, 3.05) is 14.1 Å². The predicted molar refractivity (Wildman–Crippen MR) is 89.6 cm³/mol. The number of nitrogens with zero attached hydrogens (tertiary/aromatic N) is 1. The molecule has 0 spiro atoms. The molecule has 2 rings (SSSR count). The van der Waals surface area contributed by atoms with Gasteiger partial charge in [0, 0.05) is 17.7 Å². The van der Waals surface area contributed by atoms with Gasteiger partial charge in [-0.3, -0.25) is 0 Å². The van der Waals surface area contributed by atoms with Crippen molar-refractivity contribution in [1.29, 1.82) is 0 Å². The zero-order valence-electron chi connectivity index (χ0n) is 13.6. The van der Waals surface area contributed by atoms with Crippen LogP contribution in [0.15, 0.2) is 42.5 Å². The van der Waals surface area contributed by atoms with Crippen LogP contribution in [0.3, 0.4) is 0 Å². The van der Waals surface area contributed by atoms with Crippen molar-refractivity contribution in [2.24, 2.45) is 0 Å². The number of aromatic hydroxyl groups is 1. The maximum atomic E-state index is 10.7. The van der Waals surface area contributed by atoms with Gasteiger partial charge >= 0.3 is 0 Å². The van der Waals surface area contributed by atoms with Crippen LogP contribution in [0.25, 0.3) is 11.1 Å². The highest BCUT2D eigenvalue weighted by atomic mass is 16.3. The van der Waals surface area contributed by atoms with Crippen LogP contribution in [-0.2, 0) is 12.0 Å². The molecule has 112 valence electrons. The topological polar surface area (TPSA) is 23.5 Å². The molecule has 2 nitrogen and oxygen atoms in total. The molecule has 0 radical (unpaired) electrons. The average Bonchev–Trinajstić information content (AvgIpc) is 2.40. The summed E-state index contributed by atoms with van der Waals surface area (Å²) in [5, 5.41) is 10.7. The predicted octanol–water partition coefficient (Wildman–Crippen LogP) is 4.42. The van der Waals surface area contributed by atoms with Gasteiger partial charge in [0.1, 0.15) is 5.75 Å². The molecule has 0 aliphatic rings. The first-order chi connectivity index (χ1) is 9.79. The molecule has 0 bridgehead atoms. The van der Waals surface area contributed by atoms with Gasteiger partial charge in [-0.2, -0.15) is 0 Å². The van der Waals surface area contributed by atoms with Crippen LogP contribution in [-0.4, -0.2) is 24.1 Å². The lowest BCUT2D eigenvalue weighted by Crippen LogP contribution is -2.15. The van der Waals surface area contributed by atoms with E-state index < -0.39 is 0 Å². The summed E-state index contributed by atoms with van der Waals surface area (Å²) in [5.74, 6) is 0.392. The van der Waals surface area contributed by atoms with Crippen LogP contribution in [0.5, 0.6) is 5.75 Å². The molecule has 0 atom stereocenters. The van der Waals surface area contributed by atoms with Crippen LogP contribution < -0.4 is 0 Å². The molecular formula is C19H25NO. The highest BCUT2D eigenvalue weighted by Gasteiger charge is 2.19. The summed E-state index contributed by atoms with van der Waals surface area (Å²) in [6.07, 6.45) is 0. The first-order valence-corrected chi connectivity index (χ1v) is 7.35. The Morgan fingerprint density at radius 3 is 2.14 bits per heavy atom. The first-order valence-electron chi connectivity index (χ1n) is 7.35. The Kier molecular flexibility index (Phi) is 4.38. The summed E-state index contributed by atoms with van der Waals surface area (Å²) in [7, 11) is 4.04. The average molecular weight is 283 g/mol. The molecular weight excluding hydrogens is 258 g/mol. The van der Waals surface area contributed by atoms with Gasteiger partial charge in [-0.05, 0) is 36.7 Å². The van der Waals surface area contributed by atoms with Gasteiger partial charge in [0.25, 0.3) is 0 Å². The van der Waals surface area contributed by atoms with Gasteiger partial charge in [-0.1, -0.05) is 57.2 Å². The van der Waals surface area contributed by atoms with Gasteiger partial charge in [0.15, 0.2) is 0 Å². The van der Waals surface area contributed by atoms with E-state index in [0.29, 0.717) is 5.75 Å². The molecule has 0 fully saturated rings. The van der Waals surface area contributed by atoms with Crippen molar-refractivity contribution >= 4 is 0 Å². The van der Waals surface area contributed by atoms with Crippen molar-refractivity contribution in [3.8, 4) is 16.9 Å². The van der Waals surface area contributed by atoms with E-state index in [-0.39, 0.29) is 5.41 Å². The lowest BCUT2D eigenvalue weighted by atomic mass is 9.83. The van der Waals surface area contributed by atoms with Gasteiger partial charge in [0.05, 0.1) is 0 Å². The highest BCUT2D eigenvalue weighted by molar-refractivity contribution is 5.73. The number of benzene rings is 2. The number of phenolic OH excluding ortho intramolecular Hbond substituents is 1. The fourth-order valence-corrected chi connectivity index (χ4v) is 2.43. The third kappa shape index (κ3) is 3.64. The Labute approximate surface area is 128 Å². The van der Waals surface area contributed by atoms with Crippen LogP contribution >= 0.6 is 0 Å². The van der Waals surface area contributed by atoms with E-state index in [0.717, 1.165) is 23.2 Å². The molecule has 21 heavy (non-hydrogen) atoms. The minimum Gasteiger partial charge on any atom is -0.507 e. The van der Waals surface area contributed by atoms with E-state index in [4.69, 9.17) is 0 Å². The second kappa shape index (κ2) is 5.90. The molecule has 0 saturated heterocycles. The Hall–Kier alpha value is -1.80. The fraction of sp³-hybridized carbons (Fsp3) is 0.368. The number of rotatable bonds is 3. The second-order valence-corrected chi connectivity index (χ2v) is 6.89. The van der Waals surface area contributed by atoms with E-state index in [1.807, 2.05) is 44.4 Å². The summed E-state index contributed by atoms with van der Waals surface area (Å²) in [6, 6.07) is 14.3. The van der Waals surface area contributed by atoms with E-state index in [2.05, 4.69) is 37.8 Å². The number of hydrogen-bond donors (Lipinski definition) is 1. The first kappa shape index (κ1) is 15.6. The second-order valence-electron chi connectivity index (χ2n) is 6.89. The molecule has 0 aromatic heterocycles. The smallest absolute Gasteiger partial charge is 0.127 e. The standard InChI is InChI=1S/C19H25NO/c1-19(2,3)16-11-15(13-20(4)5)18(21)17(12-16)14-9-7-6-8-10-14/h6-12,21H,13H2,1-5H3. The molecule has 0 unspecified atom stereocenters. The third-order valence-electron chi connectivity index (χ3n) is 3.63. The minimum atomic E-state index is 0.0539. The van der Waals surface area contributed by atoms with Crippen molar-refractivity contribution in [1.82, 2.24) is 4.90 Å². The van der Waals surface area contributed by atoms with Crippen molar-refractivity contribution < 1.29 is 5.11 Å². The molecule has 1 N–H and O–H groups in total. The van der Waals surface area contributed by atoms with E-state index in [9.17, 15) is 5.11 Å². The monoisotopic (exact) mass is 283 g/mol. The van der Waals surface area contributed by atoms with Crippen LogP contribution in [0.1, 0.15) is 31.9 Å². The van der Waals surface area contributed by atoms with Gasteiger partial charge < -0.3 is 10.0 Å². The SMILES string of the molecule is CN(C)Cc1cc(C(C)(C)C)cc(-c2ccccc2)c1O. The summed E-state index contributed by atoms with van der Waals surface area (Å²) >= 11 is 0. The fourth-order valence-electron chi connectivity index (χ4n) is 2.43. The summed E-state index contributed by atoms with van der Waals surface area (Å²) in [4.78, 5) is 2.08.